The molecule has 3 aromatic rings. The second-order valence-electron chi connectivity index (χ2n) is 8.89. The lowest BCUT2D eigenvalue weighted by Gasteiger charge is -2.34. The molecular weight excluding hydrogens is 444 g/mol. The number of fused-ring (bicyclic) bond motifs is 1. The Bertz CT molecular complexity index is 1180. The van der Waals surface area contributed by atoms with E-state index in [1.807, 2.05) is 24.3 Å². The first-order chi connectivity index (χ1) is 15.9. The largest absolute Gasteiger partial charge is 0.475 e. The topological polar surface area (TPSA) is 105 Å². The van der Waals surface area contributed by atoms with Gasteiger partial charge in [0.25, 0.3) is 0 Å². The van der Waals surface area contributed by atoms with Crippen molar-refractivity contribution in [2.45, 2.75) is 45.3 Å². The predicted molar refractivity (Wildman–Crippen MR) is 126 cm³/mol. The molecule has 0 spiro atoms. The highest BCUT2D eigenvalue weighted by Gasteiger charge is 2.31. The Balaban J connectivity index is 1.68. The highest BCUT2D eigenvalue weighted by molar-refractivity contribution is 6.30. The Labute approximate surface area is 196 Å². The minimum absolute atomic E-state index is 0.119. The number of rotatable bonds is 7. The molecule has 5 rings (SSSR count). The summed E-state index contributed by atoms with van der Waals surface area (Å²) in [5, 5.41) is 13.8. The highest BCUT2D eigenvalue weighted by atomic mass is 35.5. The summed E-state index contributed by atoms with van der Waals surface area (Å²) in [7, 11) is 0. The summed E-state index contributed by atoms with van der Waals surface area (Å²) in [6.45, 7) is 6.61. The number of hydrogen-bond donors (Lipinski definition) is 2. The van der Waals surface area contributed by atoms with E-state index in [-0.39, 0.29) is 17.9 Å². The van der Waals surface area contributed by atoms with Crippen LogP contribution in [-0.2, 0) is 11.3 Å². The van der Waals surface area contributed by atoms with Crippen LogP contribution in [0.5, 0.6) is 0 Å². The number of hydrogen-bond acceptors (Lipinski definition) is 7. The Kier molecular flexibility index (Phi) is 5.84. The quantitative estimate of drug-likeness (QED) is 0.539. The molecule has 9 nitrogen and oxygen atoms in total. The zero-order valence-electron chi connectivity index (χ0n) is 18.7. The third-order valence-corrected chi connectivity index (χ3v) is 6.60. The van der Waals surface area contributed by atoms with E-state index in [0.29, 0.717) is 54.2 Å². The summed E-state index contributed by atoms with van der Waals surface area (Å²) < 4.78 is 7.71. The number of nitrogens with zero attached hydrogens (tertiary/aromatic N) is 5. The van der Waals surface area contributed by atoms with Crippen molar-refractivity contribution in [3.05, 3.63) is 40.7 Å². The molecule has 2 atom stereocenters. The van der Waals surface area contributed by atoms with E-state index in [0.717, 1.165) is 24.4 Å². The Morgan fingerprint density at radius 2 is 2.03 bits per heavy atom. The Morgan fingerprint density at radius 3 is 2.70 bits per heavy atom. The first kappa shape index (κ1) is 21.9. The molecule has 2 N–H and O–H groups in total. The Hall–Kier alpha value is -2.91. The molecule has 1 saturated carbocycles. The lowest BCUT2D eigenvalue weighted by Crippen LogP contribution is -2.45. The van der Waals surface area contributed by atoms with Gasteiger partial charge >= 0.3 is 5.97 Å². The molecule has 0 unspecified atom stereocenters. The van der Waals surface area contributed by atoms with Gasteiger partial charge in [-0.3, -0.25) is 0 Å². The van der Waals surface area contributed by atoms with Crippen molar-refractivity contribution >= 4 is 40.5 Å². The molecule has 0 radical (unpaired) electrons. The number of benzene rings is 1. The van der Waals surface area contributed by atoms with Crippen molar-refractivity contribution in [3.63, 3.8) is 0 Å². The maximum atomic E-state index is 11.8. The summed E-state index contributed by atoms with van der Waals surface area (Å²) in [6, 6.07) is 7.98. The van der Waals surface area contributed by atoms with Gasteiger partial charge in [0.05, 0.1) is 25.8 Å². The third-order valence-electron chi connectivity index (χ3n) is 6.35. The summed E-state index contributed by atoms with van der Waals surface area (Å²) >= 11 is 6.10. The summed E-state index contributed by atoms with van der Waals surface area (Å²) in [4.78, 5) is 27.5. The average molecular weight is 471 g/mol. The normalized spacial score (nSPS) is 19.6. The number of aromatic nitrogens is 4. The van der Waals surface area contributed by atoms with E-state index < -0.39 is 5.97 Å². The number of carboxylic acids is 1. The highest BCUT2D eigenvalue weighted by Crippen LogP contribution is 2.36. The van der Waals surface area contributed by atoms with Crippen molar-refractivity contribution in [2.75, 3.05) is 30.0 Å². The molecule has 3 heterocycles. The minimum atomic E-state index is -1.17. The molecule has 2 aliphatic rings. The molecule has 1 aromatic carbocycles. The lowest BCUT2D eigenvalue weighted by molar-refractivity contribution is 0.0684. The van der Waals surface area contributed by atoms with Gasteiger partial charge in [-0.05, 0) is 50.3 Å². The zero-order chi connectivity index (χ0) is 23.1. The summed E-state index contributed by atoms with van der Waals surface area (Å²) in [6.07, 6.45) is 2.32. The van der Waals surface area contributed by atoms with Gasteiger partial charge in [0.15, 0.2) is 11.5 Å². The number of carboxylic acid groups (broad SMARTS) is 1. The van der Waals surface area contributed by atoms with Crippen LogP contribution in [0.2, 0.25) is 5.02 Å². The lowest BCUT2D eigenvalue weighted by atomic mass is 10.2. The predicted octanol–water partition coefficient (Wildman–Crippen LogP) is 3.66. The van der Waals surface area contributed by atoms with Gasteiger partial charge in [-0.25, -0.2) is 14.8 Å². The molecule has 0 amide bonds. The van der Waals surface area contributed by atoms with E-state index in [2.05, 4.69) is 38.6 Å². The molecular formula is C23H27ClN6O3. The van der Waals surface area contributed by atoms with E-state index in [1.165, 1.54) is 0 Å². The maximum Gasteiger partial charge on any atom is 0.374 e. The van der Waals surface area contributed by atoms with Crippen LogP contribution in [0.3, 0.4) is 0 Å². The summed E-state index contributed by atoms with van der Waals surface area (Å²) in [5.41, 5.74) is 2.12. The van der Waals surface area contributed by atoms with Gasteiger partial charge in [-0.15, -0.1) is 0 Å². The molecule has 174 valence electrons. The molecule has 1 aliphatic heterocycles. The number of anilines is 2. The third kappa shape index (κ3) is 4.47. The average Bonchev–Trinajstić information content (AvgIpc) is 3.58. The standard InChI is InChI=1S/C23H27ClN6O3/c1-13-12-33-10-9-29(13)23-28-20-18(30(23)11-15-3-7-17(24)8-4-15)19(25-14(2)16-5-6-16)26-21(27-20)22(31)32/h3-4,7-8,13-14,16H,5-6,9-12H2,1-2H3,(H,31,32)(H,25,26,27)/t13-,14+/m0/s1. The number of aromatic carboxylic acids is 1. The SMILES string of the molecule is C[C@@H](Nc1nc(C(=O)O)nc2nc(N3CCOC[C@@H]3C)n(Cc3ccc(Cl)cc3)c12)C1CC1. The van der Waals surface area contributed by atoms with Crippen LogP contribution in [0.15, 0.2) is 24.3 Å². The first-order valence-electron chi connectivity index (χ1n) is 11.3. The van der Waals surface area contributed by atoms with Gasteiger partial charge in [-0.1, -0.05) is 23.7 Å². The fourth-order valence-corrected chi connectivity index (χ4v) is 4.44. The van der Waals surface area contributed by atoms with Crippen LogP contribution in [0.4, 0.5) is 11.8 Å². The number of carbonyl (C=O) groups is 1. The van der Waals surface area contributed by atoms with E-state index in [4.69, 9.17) is 21.3 Å². The molecule has 33 heavy (non-hydrogen) atoms. The first-order valence-corrected chi connectivity index (χ1v) is 11.7. The van der Waals surface area contributed by atoms with Gasteiger partial charge in [-0.2, -0.15) is 4.98 Å². The van der Waals surface area contributed by atoms with E-state index in [1.54, 1.807) is 0 Å². The number of imidazole rings is 1. The second kappa shape index (κ2) is 8.79. The van der Waals surface area contributed by atoms with Crippen LogP contribution in [-0.4, -0.2) is 62.4 Å². The molecule has 10 heteroatoms. The van der Waals surface area contributed by atoms with Crippen LogP contribution in [0, 0.1) is 5.92 Å². The van der Waals surface area contributed by atoms with Crippen molar-refractivity contribution in [2.24, 2.45) is 5.92 Å². The number of ether oxygens (including phenoxy) is 1. The zero-order valence-corrected chi connectivity index (χ0v) is 19.4. The van der Waals surface area contributed by atoms with Crippen molar-refractivity contribution in [1.29, 1.82) is 0 Å². The van der Waals surface area contributed by atoms with E-state index in [9.17, 15) is 9.90 Å². The fraction of sp³-hybridized carbons (Fsp3) is 0.478. The second-order valence-corrected chi connectivity index (χ2v) is 9.32. The number of morpholine rings is 1. The van der Waals surface area contributed by atoms with Crippen molar-refractivity contribution in [1.82, 2.24) is 19.5 Å². The van der Waals surface area contributed by atoms with Crippen LogP contribution >= 0.6 is 11.6 Å². The van der Waals surface area contributed by atoms with Gasteiger partial charge < -0.3 is 24.6 Å². The van der Waals surface area contributed by atoms with Crippen molar-refractivity contribution < 1.29 is 14.6 Å². The van der Waals surface area contributed by atoms with E-state index >= 15 is 0 Å². The monoisotopic (exact) mass is 470 g/mol. The molecule has 1 aliphatic carbocycles. The van der Waals surface area contributed by atoms with Crippen LogP contribution in [0.1, 0.15) is 42.9 Å². The van der Waals surface area contributed by atoms with Gasteiger partial charge in [0.1, 0.15) is 5.52 Å². The van der Waals surface area contributed by atoms with Gasteiger partial charge in [0, 0.05) is 17.6 Å². The number of halogens is 1. The van der Waals surface area contributed by atoms with Crippen molar-refractivity contribution in [3.8, 4) is 0 Å². The smallest absolute Gasteiger partial charge is 0.374 e. The number of nitrogens with one attached hydrogen (secondary N) is 1. The molecule has 2 aromatic heterocycles. The van der Waals surface area contributed by atoms with Crippen LogP contribution in [0.25, 0.3) is 11.2 Å². The molecule has 0 bridgehead atoms. The maximum absolute atomic E-state index is 11.8. The molecule has 1 saturated heterocycles. The van der Waals surface area contributed by atoms with Gasteiger partial charge in [0.2, 0.25) is 11.8 Å². The van der Waals surface area contributed by atoms with Crippen LogP contribution < -0.4 is 10.2 Å². The fourth-order valence-electron chi connectivity index (χ4n) is 4.32. The Morgan fingerprint density at radius 1 is 1.27 bits per heavy atom. The minimum Gasteiger partial charge on any atom is -0.475 e. The molecule has 2 fully saturated rings. The summed E-state index contributed by atoms with van der Waals surface area (Å²) in [5.74, 6) is 0.369.